The first kappa shape index (κ1) is 16.7. The first-order valence-electron chi connectivity index (χ1n) is 8.06. The van der Waals surface area contributed by atoms with Gasteiger partial charge >= 0.3 is 6.03 Å². The third-order valence-corrected chi connectivity index (χ3v) is 4.87. The van der Waals surface area contributed by atoms with Crippen molar-refractivity contribution >= 4 is 34.3 Å². The van der Waals surface area contributed by atoms with Crippen molar-refractivity contribution in [2.45, 2.75) is 32.2 Å². The summed E-state index contributed by atoms with van der Waals surface area (Å²) in [4.78, 5) is 43.0. The van der Waals surface area contributed by atoms with Crippen molar-refractivity contribution < 1.29 is 14.4 Å². The van der Waals surface area contributed by atoms with Gasteiger partial charge in [-0.3, -0.25) is 14.9 Å². The summed E-state index contributed by atoms with van der Waals surface area (Å²) < 4.78 is 0. The molecule has 0 atom stereocenters. The van der Waals surface area contributed by atoms with Crippen molar-refractivity contribution in [2.75, 3.05) is 31.5 Å². The number of amides is 4. The van der Waals surface area contributed by atoms with E-state index in [2.05, 4.69) is 15.6 Å². The standard InChI is InChI=1S/C15H21N5O3S/c1-10(21)19-4-6-20(7-5-19)15(23)18-14-17-12(9-24-14)8-13(22)16-11-2-3-11/h9,11H,2-8H2,1H3,(H,16,22)(H,17,18,23). The van der Waals surface area contributed by atoms with Crippen LogP contribution in [0.5, 0.6) is 0 Å². The minimum absolute atomic E-state index is 0.0268. The molecule has 1 aromatic rings. The van der Waals surface area contributed by atoms with Gasteiger partial charge in [-0.2, -0.15) is 0 Å². The molecule has 0 aromatic carbocycles. The molecule has 4 amide bonds. The maximum absolute atomic E-state index is 12.2. The van der Waals surface area contributed by atoms with Crippen LogP contribution in [0.4, 0.5) is 9.93 Å². The summed E-state index contributed by atoms with van der Waals surface area (Å²) in [5.41, 5.74) is 0.662. The molecular weight excluding hydrogens is 330 g/mol. The topological polar surface area (TPSA) is 94.6 Å². The van der Waals surface area contributed by atoms with Crippen LogP contribution in [-0.2, 0) is 16.0 Å². The number of nitrogens with zero attached hydrogens (tertiary/aromatic N) is 3. The summed E-state index contributed by atoms with van der Waals surface area (Å²) >= 11 is 1.31. The fourth-order valence-corrected chi connectivity index (χ4v) is 3.21. The van der Waals surface area contributed by atoms with Gasteiger partial charge in [-0.05, 0) is 12.8 Å². The highest BCUT2D eigenvalue weighted by atomic mass is 32.1. The van der Waals surface area contributed by atoms with E-state index >= 15 is 0 Å². The molecule has 1 aliphatic heterocycles. The van der Waals surface area contributed by atoms with Crippen molar-refractivity contribution in [2.24, 2.45) is 0 Å². The van der Waals surface area contributed by atoms with Crippen molar-refractivity contribution in [1.29, 1.82) is 0 Å². The fraction of sp³-hybridized carbons (Fsp3) is 0.600. The summed E-state index contributed by atoms with van der Waals surface area (Å²) in [6.07, 6.45) is 2.35. The number of carbonyl (C=O) groups is 3. The van der Waals surface area contributed by atoms with Crippen molar-refractivity contribution in [3.8, 4) is 0 Å². The zero-order chi connectivity index (χ0) is 17.1. The molecule has 130 valence electrons. The zero-order valence-electron chi connectivity index (χ0n) is 13.6. The lowest BCUT2D eigenvalue weighted by Gasteiger charge is -2.33. The molecule has 2 heterocycles. The average Bonchev–Trinajstić information content (AvgIpc) is 3.25. The number of piperazine rings is 1. The molecule has 1 saturated heterocycles. The lowest BCUT2D eigenvalue weighted by molar-refractivity contribution is -0.130. The van der Waals surface area contributed by atoms with Gasteiger partial charge in [-0.25, -0.2) is 9.78 Å². The predicted octanol–water partition coefficient (Wildman–Crippen LogP) is 0.660. The number of carbonyl (C=O) groups excluding carboxylic acids is 3. The third kappa shape index (κ3) is 4.44. The molecule has 3 rings (SSSR count). The van der Waals surface area contributed by atoms with Gasteiger partial charge in [0, 0.05) is 44.5 Å². The predicted molar refractivity (Wildman–Crippen MR) is 89.8 cm³/mol. The summed E-state index contributed by atoms with van der Waals surface area (Å²) in [5.74, 6) is 0.00475. The minimum atomic E-state index is -0.221. The largest absolute Gasteiger partial charge is 0.353 e. The zero-order valence-corrected chi connectivity index (χ0v) is 14.4. The number of aromatic nitrogens is 1. The number of nitrogens with one attached hydrogen (secondary N) is 2. The smallest absolute Gasteiger partial charge is 0.323 e. The minimum Gasteiger partial charge on any atom is -0.353 e. The summed E-state index contributed by atoms with van der Waals surface area (Å²) in [6.45, 7) is 3.65. The van der Waals surface area contributed by atoms with E-state index in [0.29, 0.717) is 43.0 Å². The number of urea groups is 1. The van der Waals surface area contributed by atoms with Crippen LogP contribution < -0.4 is 10.6 Å². The van der Waals surface area contributed by atoms with Gasteiger partial charge in [-0.15, -0.1) is 11.3 Å². The normalized spacial score (nSPS) is 17.5. The van der Waals surface area contributed by atoms with Gasteiger partial charge in [0.25, 0.3) is 0 Å². The molecule has 1 aliphatic carbocycles. The van der Waals surface area contributed by atoms with Gasteiger partial charge in [0.05, 0.1) is 12.1 Å². The van der Waals surface area contributed by atoms with Crippen LogP contribution >= 0.6 is 11.3 Å². The van der Waals surface area contributed by atoms with E-state index in [1.807, 2.05) is 0 Å². The average molecular weight is 351 g/mol. The highest BCUT2D eigenvalue weighted by molar-refractivity contribution is 7.13. The number of hydrogen-bond donors (Lipinski definition) is 2. The Hall–Kier alpha value is -2.16. The van der Waals surface area contributed by atoms with Crippen LogP contribution in [0.1, 0.15) is 25.5 Å². The number of hydrogen-bond acceptors (Lipinski definition) is 5. The Kier molecular flexibility index (Phi) is 4.98. The van der Waals surface area contributed by atoms with Crippen LogP contribution in [0.25, 0.3) is 0 Å². The summed E-state index contributed by atoms with van der Waals surface area (Å²) in [6, 6.07) is 0.116. The second-order valence-electron chi connectivity index (χ2n) is 6.09. The SMILES string of the molecule is CC(=O)N1CCN(C(=O)Nc2nc(CC(=O)NC3CC3)cs2)CC1. The Balaban J connectivity index is 1.46. The van der Waals surface area contributed by atoms with E-state index in [0.717, 1.165) is 12.8 Å². The maximum atomic E-state index is 12.2. The maximum Gasteiger partial charge on any atom is 0.323 e. The van der Waals surface area contributed by atoms with Crippen molar-refractivity contribution in [3.63, 3.8) is 0 Å². The molecule has 2 aliphatic rings. The molecule has 0 spiro atoms. The van der Waals surface area contributed by atoms with Crippen molar-refractivity contribution in [3.05, 3.63) is 11.1 Å². The molecule has 2 N–H and O–H groups in total. The quantitative estimate of drug-likeness (QED) is 0.833. The fourth-order valence-electron chi connectivity index (χ4n) is 2.51. The van der Waals surface area contributed by atoms with E-state index in [1.54, 1.807) is 15.2 Å². The van der Waals surface area contributed by atoms with Crippen molar-refractivity contribution in [1.82, 2.24) is 20.1 Å². The van der Waals surface area contributed by atoms with Crippen LogP contribution in [0.3, 0.4) is 0 Å². The van der Waals surface area contributed by atoms with Gasteiger partial charge < -0.3 is 15.1 Å². The molecule has 8 nitrogen and oxygen atoms in total. The first-order chi connectivity index (χ1) is 11.5. The van der Waals surface area contributed by atoms with E-state index in [1.165, 1.54) is 18.3 Å². The Bertz CT molecular complexity index is 635. The Labute approximate surface area is 144 Å². The van der Waals surface area contributed by atoms with Crippen LogP contribution in [0, 0.1) is 0 Å². The summed E-state index contributed by atoms with van der Waals surface area (Å²) in [7, 11) is 0. The summed E-state index contributed by atoms with van der Waals surface area (Å²) in [5, 5.41) is 7.95. The molecular formula is C15H21N5O3S. The third-order valence-electron chi connectivity index (χ3n) is 4.06. The number of rotatable bonds is 4. The lowest BCUT2D eigenvalue weighted by atomic mass is 10.3. The number of anilines is 1. The molecule has 0 unspecified atom stereocenters. The van der Waals surface area contributed by atoms with E-state index in [4.69, 9.17) is 0 Å². The molecule has 2 fully saturated rings. The van der Waals surface area contributed by atoms with Crippen LogP contribution in [0.15, 0.2) is 5.38 Å². The first-order valence-corrected chi connectivity index (χ1v) is 8.94. The van der Waals surface area contributed by atoms with E-state index in [-0.39, 0.29) is 24.3 Å². The van der Waals surface area contributed by atoms with Gasteiger partial charge in [0.15, 0.2) is 5.13 Å². The Morgan fingerprint density at radius 3 is 2.50 bits per heavy atom. The van der Waals surface area contributed by atoms with Gasteiger partial charge in [0.1, 0.15) is 0 Å². The van der Waals surface area contributed by atoms with Gasteiger partial charge in [0.2, 0.25) is 11.8 Å². The molecule has 0 radical (unpaired) electrons. The second-order valence-corrected chi connectivity index (χ2v) is 6.94. The molecule has 0 bridgehead atoms. The highest BCUT2D eigenvalue weighted by Crippen LogP contribution is 2.20. The molecule has 9 heteroatoms. The Morgan fingerprint density at radius 2 is 1.88 bits per heavy atom. The molecule has 1 saturated carbocycles. The molecule has 1 aromatic heterocycles. The van der Waals surface area contributed by atoms with E-state index < -0.39 is 0 Å². The van der Waals surface area contributed by atoms with E-state index in [9.17, 15) is 14.4 Å². The molecule has 24 heavy (non-hydrogen) atoms. The van der Waals surface area contributed by atoms with Crippen LogP contribution in [-0.4, -0.2) is 64.9 Å². The Morgan fingerprint density at radius 1 is 1.21 bits per heavy atom. The van der Waals surface area contributed by atoms with Crippen LogP contribution in [0.2, 0.25) is 0 Å². The highest BCUT2D eigenvalue weighted by Gasteiger charge is 2.24. The van der Waals surface area contributed by atoms with Gasteiger partial charge in [-0.1, -0.05) is 0 Å². The number of thiazole rings is 1. The lowest BCUT2D eigenvalue weighted by Crippen LogP contribution is -2.51. The monoisotopic (exact) mass is 351 g/mol. The second kappa shape index (κ2) is 7.16.